The maximum absolute atomic E-state index is 14.5. The van der Waals surface area contributed by atoms with Gasteiger partial charge in [-0.15, -0.1) is 0 Å². The lowest BCUT2D eigenvalue weighted by atomic mass is 9.88. The van der Waals surface area contributed by atoms with Crippen molar-refractivity contribution < 1.29 is 22.7 Å². The lowest BCUT2D eigenvalue weighted by Crippen LogP contribution is -2.41. The Kier molecular flexibility index (Phi) is 5.90. The number of aromatic nitrogens is 3. The molecule has 2 aliphatic carbocycles. The SMILES string of the molecule is NC(=O)[C@@H]1[C@H](Nc2nc(Nc3cc(F)cc(N4CCOCC4)c3)nc3ccn(C(F)F)c23)[C@H]2C=C[C@@H]1C2. The van der Waals surface area contributed by atoms with Crippen molar-refractivity contribution in [3.05, 3.63) is 48.4 Å². The molecule has 3 heterocycles. The Morgan fingerprint density at radius 3 is 2.68 bits per heavy atom. The van der Waals surface area contributed by atoms with E-state index in [2.05, 4.69) is 20.6 Å². The first-order valence-electron chi connectivity index (χ1n) is 12.2. The highest BCUT2D eigenvalue weighted by Gasteiger charge is 2.47. The molecule has 1 aromatic carbocycles. The van der Waals surface area contributed by atoms with Crippen LogP contribution in [0.5, 0.6) is 0 Å². The van der Waals surface area contributed by atoms with Gasteiger partial charge in [-0.3, -0.25) is 9.36 Å². The van der Waals surface area contributed by atoms with Crippen molar-refractivity contribution in [3.8, 4) is 0 Å². The summed E-state index contributed by atoms with van der Waals surface area (Å²) in [4.78, 5) is 23.1. The molecule has 4 N–H and O–H groups in total. The number of amides is 1. The molecular formula is C25H26F3N7O2. The van der Waals surface area contributed by atoms with Gasteiger partial charge in [-0.25, -0.2) is 9.37 Å². The van der Waals surface area contributed by atoms with Crippen LogP contribution in [0, 0.1) is 23.6 Å². The van der Waals surface area contributed by atoms with Gasteiger partial charge in [0, 0.05) is 36.7 Å². The van der Waals surface area contributed by atoms with Crippen molar-refractivity contribution in [1.82, 2.24) is 14.5 Å². The molecule has 0 radical (unpaired) electrons. The molecule has 12 heteroatoms. The first-order valence-corrected chi connectivity index (χ1v) is 12.2. The number of anilines is 4. The molecule has 1 saturated carbocycles. The molecule has 4 atom stereocenters. The third kappa shape index (κ3) is 4.35. The van der Waals surface area contributed by atoms with Crippen LogP contribution in [-0.2, 0) is 9.53 Å². The fraction of sp³-hybridized carbons (Fsp3) is 0.400. The maximum atomic E-state index is 14.5. The summed E-state index contributed by atoms with van der Waals surface area (Å²) in [6, 6.07) is 5.63. The van der Waals surface area contributed by atoms with E-state index >= 15 is 0 Å². The molecule has 1 aliphatic heterocycles. The highest BCUT2D eigenvalue weighted by molar-refractivity contribution is 5.89. The summed E-state index contributed by atoms with van der Waals surface area (Å²) in [5.41, 5.74) is 7.18. The molecule has 2 bridgehead atoms. The fourth-order valence-electron chi connectivity index (χ4n) is 5.73. The number of primary amides is 1. The number of hydrogen-bond donors (Lipinski definition) is 3. The van der Waals surface area contributed by atoms with Crippen molar-refractivity contribution in [2.45, 2.75) is 19.0 Å². The van der Waals surface area contributed by atoms with Crippen LogP contribution in [0.4, 0.5) is 36.3 Å². The van der Waals surface area contributed by atoms with Gasteiger partial charge in [0.15, 0.2) is 5.82 Å². The van der Waals surface area contributed by atoms with E-state index in [4.69, 9.17) is 10.5 Å². The Bertz CT molecular complexity index is 1370. The molecule has 2 fully saturated rings. The van der Waals surface area contributed by atoms with E-state index in [1.54, 1.807) is 6.07 Å². The van der Waals surface area contributed by atoms with Gasteiger partial charge < -0.3 is 26.0 Å². The topological polar surface area (TPSA) is 110 Å². The van der Waals surface area contributed by atoms with Gasteiger partial charge in [0.1, 0.15) is 11.3 Å². The van der Waals surface area contributed by atoms with Crippen LogP contribution in [-0.4, -0.2) is 52.8 Å². The van der Waals surface area contributed by atoms with Crippen LogP contribution in [0.3, 0.4) is 0 Å². The minimum absolute atomic E-state index is 0.00251. The molecule has 0 unspecified atom stereocenters. The number of nitrogens with two attached hydrogens (primary N) is 1. The monoisotopic (exact) mass is 513 g/mol. The third-order valence-corrected chi connectivity index (χ3v) is 7.38. The van der Waals surface area contributed by atoms with E-state index in [1.165, 1.54) is 24.4 Å². The van der Waals surface area contributed by atoms with Crippen LogP contribution in [0.2, 0.25) is 0 Å². The summed E-state index contributed by atoms with van der Waals surface area (Å²) in [5, 5.41) is 6.26. The van der Waals surface area contributed by atoms with Gasteiger partial charge >= 0.3 is 6.55 Å². The number of nitrogens with zero attached hydrogens (tertiary/aromatic N) is 4. The molecule has 1 saturated heterocycles. The molecule has 0 spiro atoms. The number of nitrogens with one attached hydrogen (secondary N) is 2. The highest BCUT2D eigenvalue weighted by Crippen LogP contribution is 2.45. The van der Waals surface area contributed by atoms with E-state index in [0.29, 0.717) is 37.7 Å². The second kappa shape index (κ2) is 9.25. The second-order valence-electron chi connectivity index (χ2n) is 9.60. The first-order chi connectivity index (χ1) is 17.9. The van der Waals surface area contributed by atoms with Crippen LogP contribution in [0.25, 0.3) is 11.0 Å². The Morgan fingerprint density at radius 2 is 1.92 bits per heavy atom. The van der Waals surface area contributed by atoms with Crippen molar-refractivity contribution in [3.63, 3.8) is 0 Å². The first kappa shape index (κ1) is 23.6. The molecule has 9 nitrogen and oxygen atoms in total. The lowest BCUT2D eigenvalue weighted by molar-refractivity contribution is -0.122. The summed E-state index contributed by atoms with van der Waals surface area (Å²) in [6.45, 7) is -0.426. The number of alkyl halides is 2. The lowest BCUT2D eigenvalue weighted by Gasteiger charge is -2.29. The van der Waals surface area contributed by atoms with E-state index in [1.807, 2.05) is 17.1 Å². The minimum atomic E-state index is -2.81. The molecule has 3 aromatic rings. The summed E-state index contributed by atoms with van der Waals surface area (Å²) < 4.78 is 48.3. The highest BCUT2D eigenvalue weighted by atomic mass is 19.3. The van der Waals surface area contributed by atoms with Crippen LogP contribution in [0.15, 0.2) is 42.6 Å². The van der Waals surface area contributed by atoms with Gasteiger partial charge in [-0.05, 0) is 42.5 Å². The number of halogens is 3. The average Bonchev–Trinajstić information content (AvgIpc) is 3.59. The molecule has 1 amide bonds. The second-order valence-corrected chi connectivity index (χ2v) is 9.60. The van der Waals surface area contributed by atoms with Gasteiger partial charge in [0.25, 0.3) is 0 Å². The zero-order valence-electron chi connectivity index (χ0n) is 19.8. The Hall–Kier alpha value is -3.80. The number of fused-ring (bicyclic) bond motifs is 3. The maximum Gasteiger partial charge on any atom is 0.319 e. The number of allylic oxidation sites excluding steroid dienone is 1. The number of carbonyl (C=O) groups excluding carboxylic acids is 1. The fourth-order valence-corrected chi connectivity index (χ4v) is 5.73. The Morgan fingerprint density at radius 1 is 1.14 bits per heavy atom. The van der Waals surface area contributed by atoms with Crippen LogP contribution in [0.1, 0.15) is 13.0 Å². The van der Waals surface area contributed by atoms with Crippen molar-refractivity contribution in [1.29, 1.82) is 0 Å². The molecule has 3 aliphatic rings. The standard InChI is InChI=1S/C25H26F3N7O2/c26-15-10-16(12-17(11-15)34-5-7-37-8-6-34)30-25-31-18-3-4-35(24(27)28)21(18)23(33-25)32-20-14-2-1-13(9-14)19(20)22(29)36/h1-4,10-14,19-20,24H,5-9H2,(H2,29,36)(H2,30,31,32,33)/t13-,14+,19+,20-/m1/s1. The van der Waals surface area contributed by atoms with Crippen molar-refractivity contribution in [2.24, 2.45) is 23.5 Å². The number of carbonyl (C=O) groups is 1. The molecule has 2 aromatic heterocycles. The van der Waals surface area contributed by atoms with Gasteiger partial charge in [-0.1, -0.05) is 12.2 Å². The van der Waals surface area contributed by atoms with Gasteiger partial charge in [0.05, 0.1) is 24.6 Å². The predicted molar refractivity (Wildman–Crippen MR) is 132 cm³/mol. The summed E-state index contributed by atoms with van der Waals surface area (Å²) in [7, 11) is 0. The molecule has 37 heavy (non-hydrogen) atoms. The van der Waals surface area contributed by atoms with E-state index in [9.17, 15) is 18.0 Å². The number of morpholine rings is 1. The van der Waals surface area contributed by atoms with Gasteiger partial charge in [0.2, 0.25) is 11.9 Å². The van der Waals surface area contributed by atoms with Crippen molar-refractivity contribution >= 4 is 40.1 Å². The molecular weight excluding hydrogens is 487 g/mol. The number of benzene rings is 1. The molecule has 194 valence electrons. The van der Waals surface area contributed by atoms with Crippen LogP contribution < -0.4 is 21.3 Å². The largest absolute Gasteiger partial charge is 0.378 e. The Balaban J connectivity index is 1.36. The summed E-state index contributed by atoms with van der Waals surface area (Å²) in [5.74, 6) is -1.08. The van der Waals surface area contributed by atoms with Crippen molar-refractivity contribution in [2.75, 3.05) is 41.8 Å². The zero-order chi connectivity index (χ0) is 25.7. The van der Waals surface area contributed by atoms with E-state index < -0.39 is 24.2 Å². The quantitative estimate of drug-likeness (QED) is 0.414. The normalized spacial score (nSPS) is 24.8. The Labute approximate surface area is 210 Å². The van der Waals surface area contributed by atoms with Gasteiger partial charge in [-0.2, -0.15) is 13.8 Å². The minimum Gasteiger partial charge on any atom is -0.378 e. The third-order valence-electron chi connectivity index (χ3n) is 7.38. The summed E-state index contributed by atoms with van der Waals surface area (Å²) in [6.07, 6.45) is 6.00. The summed E-state index contributed by atoms with van der Waals surface area (Å²) >= 11 is 0. The number of hydrogen-bond acceptors (Lipinski definition) is 7. The number of ether oxygens (including phenoxy) is 1. The zero-order valence-corrected chi connectivity index (χ0v) is 19.8. The van der Waals surface area contributed by atoms with E-state index in [0.717, 1.165) is 11.0 Å². The average molecular weight is 514 g/mol. The number of rotatable bonds is 7. The van der Waals surface area contributed by atoms with Crippen LogP contribution >= 0.6 is 0 Å². The smallest absolute Gasteiger partial charge is 0.319 e. The van der Waals surface area contributed by atoms with E-state index in [-0.39, 0.29) is 40.7 Å². The predicted octanol–water partition coefficient (Wildman–Crippen LogP) is 3.63. The molecule has 6 rings (SSSR count).